The Bertz CT molecular complexity index is 404. The van der Waals surface area contributed by atoms with Crippen LogP contribution in [-0.4, -0.2) is 35.1 Å². The van der Waals surface area contributed by atoms with Gasteiger partial charge in [0.05, 0.1) is 0 Å². The number of nitrogens with zero attached hydrogens (tertiary/aromatic N) is 1. The summed E-state index contributed by atoms with van der Waals surface area (Å²) in [7, 11) is 0. The molecule has 2 unspecified atom stereocenters. The van der Waals surface area contributed by atoms with E-state index in [9.17, 15) is 9.90 Å². The fourth-order valence-corrected chi connectivity index (χ4v) is 2.97. The molecule has 0 spiro atoms. The minimum absolute atomic E-state index is 0.267. The van der Waals surface area contributed by atoms with Crippen LogP contribution < -0.4 is 0 Å². The third kappa shape index (κ3) is 3.80. The van der Waals surface area contributed by atoms with Gasteiger partial charge in [-0.3, -0.25) is 9.69 Å². The lowest BCUT2D eigenvalue weighted by Crippen LogP contribution is -2.39. The Morgan fingerprint density at radius 1 is 1.32 bits per heavy atom. The quantitative estimate of drug-likeness (QED) is 0.800. The van der Waals surface area contributed by atoms with E-state index in [1.807, 2.05) is 13.0 Å². The Morgan fingerprint density at radius 3 is 2.74 bits per heavy atom. The van der Waals surface area contributed by atoms with Crippen LogP contribution in [0.15, 0.2) is 30.3 Å². The number of likely N-dealkylation sites (tertiary alicyclic amines) is 1. The SMILES string of the molecule is CC1CCN(CCCCc2ccccc2)C1C(=O)O. The molecule has 0 bridgehead atoms. The van der Waals surface area contributed by atoms with Gasteiger partial charge in [0.1, 0.15) is 6.04 Å². The van der Waals surface area contributed by atoms with E-state index >= 15 is 0 Å². The van der Waals surface area contributed by atoms with E-state index < -0.39 is 5.97 Å². The number of rotatable bonds is 6. The molecule has 1 aliphatic heterocycles. The van der Waals surface area contributed by atoms with Crippen molar-refractivity contribution in [1.29, 1.82) is 0 Å². The second-order valence-corrected chi connectivity index (χ2v) is 5.53. The van der Waals surface area contributed by atoms with Crippen molar-refractivity contribution in [3.05, 3.63) is 35.9 Å². The number of aliphatic carboxylic acids is 1. The first kappa shape index (κ1) is 14.1. The maximum absolute atomic E-state index is 11.2. The van der Waals surface area contributed by atoms with Crippen molar-refractivity contribution in [2.45, 2.75) is 38.6 Å². The molecule has 1 saturated heterocycles. The molecule has 0 aliphatic carbocycles. The molecule has 19 heavy (non-hydrogen) atoms. The Hall–Kier alpha value is -1.35. The van der Waals surface area contributed by atoms with Gasteiger partial charge in [-0.2, -0.15) is 0 Å². The number of hydrogen-bond acceptors (Lipinski definition) is 2. The van der Waals surface area contributed by atoms with Gasteiger partial charge in [-0.15, -0.1) is 0 Å². The molecule has 0 saturated carbocycles. The fourth-order valence-electron chi connectivity index (χ4n) is 2.97. The van der Waals surface area contributed by atoms with E-state index in [4.69, 9.17) is 0 Å². The summed E-state index contributed by atoms with van der Waals surface area (Å²) in [6.07, 6.45) is 4.30. The molecule has 1 aromatic rings. The molecule has 0 aromatic heterocycles. The van der Waals surface area contributed by atoms with Crippen molar-refractivity contribution in [1.82, 2.24) is 4.90 Å². The summed E-state index contributed by atoms with van der Waals surface area (Å²) >= 11 is 0. The van der Waals surface area contributed by atoms with E-state index in [2.05, 4.69) is 29.2 Å². The lowest BCUT2D eigenvalue weighted by molar-refractivity contribution is -0.143. The highest BCUT2D eigenvalue weighted by Crippen LogP contribution is 2.24. The molecule has 1 fully saturated rings. The molecule has 1 heterocycles. The van der Waals surface area contributed by atoms with Crippen molar-refractivity contribution in [3.63, 3.8) is 0 Å². The number of benzene rings is 1. The van der Waals surface area contributed by atoms with Gasteiger partial charge in [0.25, 0.3) is 0 Å². The molecule has 1 aliphatic rings. The number of hydrogen-bond donors (Lipinski definition) is 1. The van der Waals surface area contributed by atoms with Gasteiger partial charge in [-0.1, -0.05) is 37.3 Å². The highest BCUT2D eigenvalue weighted by Gasteiger charge is 2.35. The highest BCUT2D eigenvalue weighted by molar-refractivity contribution is 5.74. The molecule has 104 valence electrons. The van der Waals surface area contributed by atoms with Gasteiger partial charge < -0.3 is 5.11 Å². The van der Waals surface area contributed by atoms with Crippen LogP contribution in [0.1, 0.15) is 31.7 Å². The molecule has 0 radical (unpaired) electrons. The molecule has 2 atom stereocenters. The third-order valence-corrected chi connectivity index (χ3v) is 4.06. The fraction of sp³-hybridized carbons (Fsp3) is 0.562. The van der Waals surface area contributed by atoms with Crippen molar-refractivity contribution in [3.8, 4) is 0 Å². The van der Waals surface area contributed by atoms with Crippen molar-refractivity contribution >= 4 is 5.97 Å². The summed E-state index contributed by atoms with van der Waals surface area (Å²) in [6, 6.07) is 10.2. The van der Waals surface area contributed by atoms with E-state index in [1.165, 1.54) is 5.56 Å². The first-order valence-electron chi connectivity index (χ1n) is 7.19. The number of carboxylic acid groups (broad SMARTS) is 1. The van der Waals surface area contributed by atoms with Gasteiger partial charge in [0.2, 0.25) is 0 Å². The van der Waals surface area contributed by atoms with Crippen LogP contribution in [0.4, 0.5) is 0 Å². The summed E-state index contributed by atoms with van der Waals surface area (Å²) in [4.78, 5) is 13.4. The van der Waals surface area contributed by atoms with Crippen LogP contribution in [-0.2, 0) is 11.2 Å². The lowest BCUT2D eigenvalue weighted by Gasteiger charge is -2.22. The maximum atomic E-state index is 11.2. The standard InChI is InChI=1S/C16H23NO2/c1-13-10-12-17(15(13)16(18)19)11-6-5-9-14-7-3-2-4-8-14/h2-4,7-8,13,15H,5-6,9-12H2,1H3,(H,18,19). The summed E-state index contributed by atoms with van der Waals surface area (Å²) in [6.45, 7) is 3.89. The van der Waals surface area contributed by atoms with Crippen LogP contribution in [0.2, 0.25) is 0 Å². The third-order valence-electron chi connectivity index (χ3n) is 4.06. The first-order valence-corrected chi connectivity index (χ1v) is 7.19. The van der Waals surface area contributed by atoms with Crippen LogP contribution in [0.25, 0.3) is 0 Å². The Kier molecular flexibility index (Phi) is 4.97. The van der Waals surface area contributed by atoms with Gasteiger partial charge in [0, 0.05) is 0 Å². The number of unbranched alkanes of at least 4 members (excludes halogenated alkanes) is 1. The van der Waals surface area contributed by atoms with E-state index in [-0.39, 0.29) is 12.0 Å². The molecule has 1 N–H and O–H groups in total. The van der Waals surface area contributed by atoms with Crippen LogP contribution in [0.5, 0.6) is 0 Å². The largest absolute Gasteiger partial charge is 0.480 e. The average molecular weight is 261 g/mol. The second kappa shape index (κ2) is 6.71. The van der Waals surface area contributed by atoms with Gasteiger partial charge in [-0.25, -0.2) is 0 Å². The molecular formula is C16H23NO2. The average Bonchev–Trinajstić information content (AvgIpc) is 2.77. The topological polar surface area (TPSA) is 40.5 Å². The Labute approximate surface area is 115 Å². The number of carbonyl (C=O) groups is 1. The molecule has 3 nitrogen and oxygen atoms in total. The molecular weight excluding hydrogens is 238 g/mol. The van der Waals surface area contributed by atoms with E-state index in [1.54, 1.807) is 0 Å². The van der Waals surface area contributed by atoms with Crippen LogP contribution >= 0.6 is 0 Å². The maximum Gasteiger partial charge on any atom is 0.321 e. The summed E-state index contributed by atoms with van der Waals surface area (Å²) in [5, 5.41) is 9.25. The Balaban J connectivity index is 1.72. The zero-order chi connectivity index (χ0) is 13.7. The minimum Gasteiger partial charge on any atom is -0.480 e. The molecule has 3 heteroatoms. The van der Waals surface area contributed by atoms with Crippen molar-refractivity contribution in [2.75, 3.05) is 13.1 Å². The van der Waals surface area contributed by atoms with Gasteiger partial charge in [0.15, 0.2) is 0 Å². The zero-order valence-electron chi connectivity index (χ0n) is 11.6. The minimum atomic E-state index is -0.659. The number of carboxylic acids is 1. The molecule has 2 rings (SSSR count). The first-order chi connectivity index (χ1) is 9.18. The molecule has 1 aromatic carbocycles. The summed E-state index contributed by atoms with van der Waals surface area (Å²) < 4.78 is 0. The van der Waals surface area contributed by atoms with Gasteiger partial charge in [-0.05, 0) is 50.3 Å². The Morgan fingerprint density at radius 2 is 2.05 bits per heavy atom. The van der Waals surface area contributed by atoms with Crippen LogP contribution in [0.3, 0.4) is 0 Å². The predicted octanol–water partition coefficient (Wildman–Crippen LogP) is 2.80. The molecule has 0 amide bonds. The van der Waals surface area contributed by atoms with Crippen molar-refractivity contribution < 1.29 is 9.90 Å². The second-order valence-electron chi connectivity index (χ2n) is 5.53. The van der Waals surface area contributed by atoms with E-state index in [0.717, 1.165) is 38.8 Å². The lowest BCUT2D eigenvalue weighted by atomic mass is 10.0. The smallest absolute Gasteiger partial charge is 0.321 e. The number of aryl methyl sites for hydroxylation is 1. The normalized spacial score (nSPS) is 23.6. The van der Waals surface area contributed by atoms with E-state index in [0.29, 0.717) is 0 Å². The summed E-state index contributed by atoms with van der Waals surface area (Å²) in [5.41, 5.74) is 1.37. The summed E-state index contributed by atoms with van der Waals surface area (Å²) in [5.74, 6) is -0.375. The van der Waals surface area contributed by atoms with Gasteiger partial charge >= 0.3 is 5.97 Å². The predicted molar refractivity (Wildman–Crippen MR) is 76.2 cm³/mol. The highest BCUT2D eigenvalue weighted by atomic mass is 16.4. The zero-order valence-corrected chi connectivity index (χ0v) is 11.6. The monoisotopic (exact) mass is 261 g/mol. The van der Waals surface area contributed by atoms with Crippen molar-refractivity contribution in [2.24, 2.45) is 5.92 Å². The van der Waals surface area contributed by atoms with Crippen LogP contribution in [0, 0.1) is 5.92 Å².